The van der Waals surface area contributed by atoms with E-state index in [1.807, 2.05) is 0 Å². The molecule has 0 aromatic heterocycles. The number of aliphatic hydroxyl groups is 1. The third kappa shape index (κ3) is 9.60. The molecule has 0 saturated heterocycles. The molecule has 9 heteroatoms. The number of carboxylic acid groups (broad SMARTS) is 3. The zero-order chi connectivity index (χ0) is 14.1. The van der Waals surface area contributed by atoms with Crippen molar-refractivity contribution in [2.45, 2.75) is 18.4 Å². The Morgan fingerprint density at radius 2 is 1.35 bits per heavy atom. The average molecular weight is 269 g/mol. The third-order valence-corrected chi connectivity index (χ3v) is 1.67. The van der Waals surface area contributed by atoms with Crippen LogP contribution < -0.4 is 5.73 Å². The van der Waals surface area contributed by atoms with Crippen LogP contribution in [0.5, 0.6) is 0 Å². The first kappa shape index (κ1) is 18.1. The van der Waals surface area contributed by atoms with Crippen LogP contribution in [0.3, 0.4) is 0 Å². The summed E-state index contributed by atoms with van der Waals surface area (Å²) in [6.45, 7) is 0.684. The summed E-state index contributed by atoms with van der Waals surface area (Å²) in [5.41, 5.74) is 2.21. The fraction of sp³-hybridized carbons (Fsp3) is 0.625. The number of carbonyl (C=O) groups is 3. The number of hydrogen-bond acceptors (Lipinski definition) is 6. The molecule has 0 amide bonds. The quantitative estimate of drug-likeness (QED) is 0.322. The Morgan fingerprint density at radius 3 is 1.47 bits per heavy atom. The summed E-state index contributed by atoms with van der Waals surface area (Å²) < 4.78 is 0. The van der Waals surface area contributed by atoms with Gasteiger partial charge < -0.3 is 26.2 Å². The molecule has 0 unspecified atom stereocenters. The minimum absolute atomic E-state index is 0.684. The van der Waals surface area contributed by atoms with E-state index in [1.165, 1.54) is 0 Å². The van der Waals surface area contributed by atoms with Crippen LogP contribution in [0.1, 0.15) is 12.8 Å². The molecule has 0 aliphatic carbocycles. The molecule has 6 N–H and O–H groups in total. The van der Waals surface area contributed by atoms with Crippen molar-refractivity contribution in [1.29, 1.82) is 0 Å². The summed E-state index contributed by atoms with van der Waals surface area (Å²) in [6.07, 6.45) is -2.29. The molecule has 0 rings (SSSR count). The second-order valence-corrected chi connectivity index (χ2v) is 3.44. The second kappa shape index (κ2) is 8.79. The SMILES string of the molecule is NCCS.O=C(O)CC(O)(CC(=O)O)C(=O)O. The van der Waals surface area contributed by atoms with E-state index in [-0.39, 0.29) is 0 Å². The van der Waals surface area contributed by atoms with E-state index in [9.17, 15) is 14.4 Å². The van der Waals surface area contributed by atoms with Gasteiger partial charge in [0, 0.05) is 12.3 Å². The number of aliphatic carboxylic acids is 3. The standard InChI is InChI=1S/C6H8O7.C2H7NS/c7-3(8)1-6(13,5(11)12)2-4(9)10;3-1-2-4/h13H,1-2H2,(H,7,8)(H,9,10)(H,11,12);4H,1-3H2. The molecule has 0 atom stereocenters. The lowest BCUT2D eigenvalue weighted by atomic mass is 9.96. The number of hydrogen-bond donors (Lipinski definition) is 6. The number of carboxylic acids is 3. The zero-order valence-corrected chi connectivity index (χ0v) is 9.76. The Hall–Kier alpha value is -1.32. The molecule has 8 nitrogen and oxygen atoms in total. The lowest BCUT2D eigenvalue weighted by Gasteiger charge is -2.18. The van der Waals surface area contributed by atoms with Gasteiger partial charge in [-0.05, 0) is 0 Å². The van der Waals surface area contributed by atoms with Gasteiger partial charge in [-0.15, -0.1) is 0 Å². The molecule has 100 valence electrons. The van der Waals surface area contributed by atoms with Gasteiger partial charge >= 0.3 is 17.9 Å². The predicted molar refractivity (Wildman–Crippen MR) is 60.0 cm³/mol. The molecule has 0 fully saturated rings. The van der Waals surface area contributed by atoms with E-state index in [2.05, 4.69) is 12.6 Å². The molecule has 17 heavy (non-hydrogen) atoms. The fourth-order valence-corrected chi connectivity index (χ4v) is 0.714. The summed E-state index contributed by atoms with van der Waals surface area (Å²) in [7, 11) is 0. The zero-order valence-electron chi connectivity index (χ0n) is 8.87. The van der Waals surface area contributed by atoms with Crippen molar-refractivity contribution in [3.63, 3.8) is 0 Å². The molecule has 0 aliphatic rings. The van der Waals surface area contributed by atoms with Gasteiger partial charge in [0.05, 0.1) is 12.8 Å². The monoisotopic (exact) mass is 269 g/mol. The van der Waals surface area contributed by atoms with Crippen molar-refractivity contribution in [2.24, 2.45) is 5.73 Å². The maximum Gasteiger partial charge on any atom is 0.336 e. The van der Waals surface area contributed by atoms with Crippen molar-refractivity contribution < 1.29 is 34.8 Å². The number of nitrogens with two attached hydrogens (primary N) is 1. The largest absolute Gasteiger partial charge is 0.481 e. The van der Waals surface area contributed by atoms with Crippen LogP contribution in [0.15, 0.2) is 0 Å². The normalized spacial score (nSPS) is 10.1. The third-order valence-electron chi connectivity index (χ3n) is 1.41. The van der Waals surface area contributed by atoms with Crippen molar-refractivity contribution >= 4 is 30.5 Å². The molecule has 0 aromatic rings. The van der Waals surface area contributed by atoms with E-state index in [0.717, 1.165) is 5.75 Å². The Bertz CT molecular complexity index is 263. The van der Waals surface area contributed by atoms with Crippen molar-refractivity contribution in [3.05, 3.63) is 0 Å². The van der Waals surface area contributed by atoms with Crippen molar-refractivity contribution in [1.82, 2.24) is 0 Å². The summed E-state index contributed by atoms with van der Waals surface area (Å²) in [5, 5.41) is 33.8. The Morgan fingerprint density at radius 1 is 1.06 bits per heavy atom. The minimum atomic E-state index is -2.74. The van der Waals surface area contributed by atoms with Crippen LogP contribution in [0.4, 0.5) is 0 Å². The van der Waals surface area contributed by atoms with Crippen molar-refractivity contribution in [3.8, 4) is 0 Å². The van der Waals surface area contributed by atoms with Crippen LogP contribution in [-0.2, 0) is 14.4 Å². The van der Waals surface area contributed by atoms with Gasteiger partial charge in [-0.3, -0.25) is 9.59 Å². The Balaban J connectivity index is 0. The molecule has 0 bridgehead atoms. The molecule has 0 aromatic carbocycles. The molecule has 0 spiro atoms. The molecule has 0 aliphatic heterocycles. The van der Waals surface area contributed by atoms with E-state index >= 15 is 0 Å². The predicted octanol–water partition coefficient (Wildman–Crippen LogP) is -1.37. The van der Waals surface area contributed by atoms with Gasteiger partial charge in [0.25, 0.3) is 0 Å². The summed E-state index contributed by atoms with van der Waals surface area (Å²) >= 11 is 3.80. The van der Waals surface area contributed by atoms with E-state index in [1.54, 1.807) is 0 Å². The average Bonchev–Trinajstić information content (AvgIpc) is 2.15. The topological polar surface area (TPSA) is 158 Å². The molecule has 0 radical (unpaired) electrons. The van der Waals surface area contributed by atoms with Crippen molar-refractivity contribution in [2.75, 3.05) is 12.3 Å². The first-order valence-electron chi connectivity index (χ1n) is 4.40. The first-order valence-corrected chi connectivity index (χ1v) is 5.03. The highest BCUT2D eigenvalue weighted by molar-refractivity contribution is 7.80. The highest BCUT2D eigenvalue weighted by Gasteiger charge is 2.40. The van der Waals surface area contributed by atoms with Crippen LogP contribution in [0.2, 0.25) is 0 Å². The lowest BCUT2D eigenvalue weighted by Crippen LogP contribution is -2.42. The minimum Gasteiger partial charge on any atom is -0.481 e. The smallest absolute Gasteiger partial charge is 0.336 e. The lowest BCUT2D eigenvalue weighted by molar-refractivity contribution is -0.170. The molecular weight excluding hydrogens is 254 g/mol. The van der Waals surface area contributed by atoms with Gasteiger partial charge in [-0.2, -0.15) is 12.6 Å². The highest BCUT2D eigenvalue weighted by atomic mass is 32.1. The molecule has 0 saturated carbocycles. The highest BCUT2D eigenvalue weighted by Crippen LogP contribution is 2.15. The van der Waals surface area contributed by atoms with Crippen LogP contribution >= 0.6 is 12.6 Å². The summed E-state index contributed by atoms with van der Waals surface area (Å²) in [6, 6.07) is 0. The molecule has 0 heterocycles. The second-order valence-electron chi connectivity index (χ2n) is 2.99. The van der Waals surface area contributed by atoms with Gasteiger partial charge in [-0.1, -0.05) is 0 Å². The fourth-order valence-electron chi connectivity index (χ4n) is 0.714. The van der Waals surface area contributed by atoms with Crippen LogP contribution in [-0.4, -0.2) is 56.2 Å². The van der Waals surface area contributed by atoms with Gasteiger partial charge in [0.15, 0.2) is 5.60 Å². The Kier molecular flexibility index (Phi) is 9.33. The number of rotatable bonds is 6. The summed E-state index contributed by atoms with van der Waals surface area (Å²) in [5.74, 6) is -4.23. The maximum absolute atomic E-state index is 10.3. The molecular formula is C8H15NO7S. The van der Waals surface area contributed by atoms with E-state index < -0.39 is 36.4 Å². The van der Waals surface area contributed by atoms with E-state index in [4.69, 9.17) is 26.2 Å². The van der Waals surface area contributed by atoms with Gasteiger partial charge in [0.2, 0.25) is 0 Å². The van der Waals surface area contributed by atoms with Crippen LogP contribution in [0, 0.1) is 0 Å². The summed E-state index contributed by atoms with van der Waals surface area (Å²) in [4.78, 5) is 30.5. The van der Waals surface area contributed by atoms with E-state index in [0.29, 0.717) is 6.54 Å². The maximum atomic E-state index is 10.3. The first-order chi connectivity index (χ1) is 7.69. The van der Waals surface area contributed by atoms with Gasteiger partial charge in [-0.25, -0.2) is 4.79 Å². The number of thiol groups is 1. The Labute approximate surface area is 102 Å². The van der Waals surface area contributed by atoms with Gasteiger partial charge in [0.1, 0.15) is 0 Å². The van der Waals surface area contributed by atoms with Crippen LogP contribution in [0.25, 0.3) is 0 Å².